The Bertz CT molecular complexity index is 634. The van der Waals surface area contributed by atoms with Crippen molar-refractivity contribution in [2.45, 2.75) is 32.1 Å². The zero-order chi connectivity index (χ0) is 13.9. The van der Waals surface area contributed by atoms with Crippen LogP contribution in [0.15, 0.2) is 16.6 Å². The lowest BCUT2D eigenvalue weighted by atomic mass is 10.1. The summed E-state index contributed by atoms with van der Waals surface area (Å²) < 4.78 is 5.47. The lowest BCUT2D eigenvalue weighted by Crippen LogP contribution is -1.85. The minimum Gasteiger partial charge on any atom is -0.478 e. The summed E-state index contributed by atoms with van der Waals surface area (Å²) >= 11 is 1.70. The summed E-state index contributed by atoms with van der Waals surface area (Å²) in [5.41, 5.74) is 1.39. The molecule has 2 heterocycles. The predicted octanol–water partition coefficient (Wildman–Crippen LogP) is 3.16. The second-order valence-corrected chi connectivity index (χ2v) is 5.87. The first kappa shape index (κ1) is 13.1. The molecule has 0 amide bonds. The number of carbonyl (C=O) groups is 1. The largest absolute Gasteiger partial charge is 0.478 e. The van der Waals surface area contributed by atoms with E-state index in [2.05, 4.69) is 16.3 Å². The van der Waals surface area contributed by atoms with E-state index in [1.807, 2.05) is 0 Å². The van der Waals surface area contributed by atoms with Crippen molar-refractivity contribution in [1.29, 1.82) is 0 Å². The van der Waals surface area contributed by atoms with E-state index in [0.717, 1.165) is 23.8 Å². The van der Waals surface area contributed by atoms with Crippen molar-refractivity contribution in [2.75, 3.05) is 0 Å². The van der Waals surface area contributed by atoms with Crippen molar-refractivity contribution >= 4 is 23.4 Å². The van der Waals surface area contributed by atoms with Crippen LogP contribution in [-0.4, -0.2) is 21.3 Å². The molecular weight excluding hydrogens is 276 g/mol. The van der Waals surface area contributed by atoms with Crippen LogP contribution in [0.1, 0.15) is 35.6 Å². The van der Waals surface area contributed by atoms with E-state index in [1.54, 1.807) is 11.3 Å². The zero-order valence-electron chi connectivity index (χ0n) is 10.8. The topological polar surface area (TPSA) is 76.2 Å². The molecule has 3 rings (SSSR count). The molecule has 6 heteroatoms. The number of carboxylic acids is 1. The first-order valence-corrected chi connectivity index (χ1v) is 7.40. The van der Waals surface area contributed by atoms with Crippen LogP contribution in [0, 0.1) is 0 Å². The highest BCUT2D eigenvalue weighted by Gasteiger charge is 2.16. The average Bonchev–Trinajstić information content (AvgIpc) is 2.99. The second-order valence-electron chi connectivity index (χ2n) is 4.74. The van der Waals surface area contributed by atoms with Gasteiger partial charge in [-0.3, -0.25) is 0 Å². The van der Waals surface area contributed by atoms with Gasteiger partial charge >= 0.3 is 5.97 Å². The Morgan fingerprint density at radius 1 is 1.30 bits per heavy atom. The SMILES string of the molecule is O=C(O)/C=C/c1nnc(-c2cc3c(s2)CCCCC3)o1. The molecule has 1 aliphatic rings. The van der Waals surface area contributed by atoms with Crippen molar-refractivity contribution in [3.63, 3.8) is 0 Å². The fourth-order valence-electron chi connectivity index (χ4n) is 2.32. The molecule has 2 aromatic heterocycles. The molecule has 0 fully saturated rings. The molecule has 1 N–H and O–H groups in total. The molecular formula is C14H14N2O3S. The highest BCUT2D eigenvalue weighted by atomic mass is 32.1. The molecule has 0 atom stereocenters. The summed E-state index contributed by atoms with van der Waals surface area (Å²) in [6, 6.07) is 2.13. The number of hydrogen-bond acceptors (Lipinski definition) is 5. The van der Waals surface area contributed by atoms with Crippen LogP contribution in [0.25, 0.3) is 16.8 Å². The van der Waals surface area contributed by atoms with Gasteiger partial charge in [-0.1, -0.05) is 6.42 Å². The number of nitrogens with zero attached hydrogens (tertiary/aromatic N) is 2. The third-order valence-corrected chi connectivity index (χ3v) is 4.49. The van der Waals surface area contributed by atoms with Crippen LogP contribution < -0.4 is 0 Å². The van der Waals surface area contributed by atoms with Gasteiger partial charge < -0.3 is 9.52 Å². The van der Waals surface area contributed by atoms with Crippen LogP contribution >= 0.6 is 11.3 Å². The lowest BCUT2D eigenvalue weighted by molar-refractivity contribution is -0.131. The summed E-state index contributed by atoms with van der Waals surface area (Å²) in [6.45, 7) is 0. The molecule has 20 heavy (non-hydrogen) atoms. The molecule has 0 aromatic carbocycles. The maximum absolute atomic E-state index is 10.4. The van der Waals surface area contributed by atoms with Crippen LogP contribution in [0.2, 0.25) is 0 Å². The van der Waals surface area contributed by atoms with Gasteiger partial charge in [0.25, 0.3) is 5.89 Å². The van der Waals surface area contributed by atoms with Gasteiger partial charge in [0.05, 0.1) is 4.88 Å². The summed E-state index contributed by atoms with van der Waals surface area (Å²) in [5, 5.41) is 16.4. The van der Waals surface area contributed by atoms with Crippen LogP contribution in [0.4, 0.5) is 0 Å². The molecule has 0 radical (unpaired) electrons. The van der Waals surface area contributed by atoms with E-state index in [1.165, 1.54) is 35.8 Å². The number of fused-ring (bicyclic) bond motifs is 1. The van der Waals surface area contributed by atoms with E-state index < -0.39 is 5.97 Å². The molecule has 5 nitrogen and oxygen atoms in total. The van der Waals surface area contributed by atoms with E-state index in [0.29, 0.717) is 5.89 Å². The van der Waals surface area contributed by atoms with E-state index in [9.17, 15) is 4.79 Å². The Morgan fingerprint density at radius 2 is 2.15 bits per heavy atom. The number of thiophene rings is 1. The number of carboxylic acid groups (broad SMARTS) is 1. The van der Waals surface area contributed by atoms with Gasteiger partial charge in [0.2, 0.25) is 5.89 Å². The van der Waals surface area contributed by atoms with Gasteiger partial charge in [-0.2, -0.15) is 0 Å². The number of aliphatic carboxylic acids is 1. The van der Waals surface area contributed by atoms with Gasteiger partial charge in [-0.25, -0.2) is 4.79 Å². The highest BCUT2D eigenvalue weighted by Crippen LogP contribution is 2.34. The Morgan fingerprint density at radius 3 is 3.00 bits per heavy atom. The number of hydrogen-bond donors (Lipinski definition) is 1. The van der Waals surface area contributed by atoms with E-state index in [4.69, 9.17) is 9.52 Å². The maximum atomic E-state index is 10.4. The van der Waals surface area contributed by atoms with E-state index in [-0.39, 0.29) is 5.89 Å². The molecule has 0 bridgehead atoms. The van der Waals surface area contributed by atoms with Gasteiger partial charge in [-0.15, -0.1) is 21.5 Å². The molecule has 0 saturated carbocycles. The fraction of sp³-hybridized carbons (Fsp3) is 0.357. The van der Waals surface area contributed by atoms with E-state index >= 15 is 0 Å². The molecule has 0 spiro atoms. The van der Waals surface area contributed by atoms with Gasteiger partial charge in [0.1, 0.15) is 0 Å². The average molecular weight is 290 g/mol. The standard InChI is InChI=1S/C14H14N2O3S/c17-13(18)7-6-12-15-16-14(19-12)11-8-9-4-2-1-3-5-10(9)20-11/h6-8H,1-5H2,(H,17,18)/b7-6+. The Kier molecular flexibility index (Phi) is 3.64. The summed E-state index contributed by atoms with van der Waals surface area (Å²) in [4.78, 5) is 12.8. The van der Waals surface area contributed by atoms with Crippen molar-refractivity contribution < 1.29 is 14.3 Å². The van der Waals surface area contributed by atoms with Gasteiger partial charge in [0, 0.05) is 17.0 Å². The van der Waals surface area contributed by atoms with Crippen molar-refractivity contribution in [3.05, 3.63) is 28.5 Å². The number of aryl methyl sites for hydroxylation is 2. The van der Waals surface area contributed by atoms with Gasteiger partial charge in [0.15, 0.2) is 0 Å². The second kappa shape index (κ2) is 5.58. The Balaban J connectivity index is 1.84. The number of aromatic nitrogens is 2. The first-order chi connectivity index (χ1) is 9.72. The third-order valence-electron chi connectivity index (χ3n) is 3.27. The van der Waals surface area contributed by atoms with Crippen LogP contribution in [0.5, 0.6) is 0 Å². The molecule has 0 aliphatic heterocycles. The van der Waals surface area contributed by atoms with Crippen molar-refractivity contribution in [3.8, 4) is 10.8 Å². The van der Waals surface area contributed by atoms with Crippen LogP contribution in [-0.2, 0) is 17.6 Å². The molecule has 104 valence electrons. The summed E-state index contributed by atoms with van der Waals surface area (Å²) in [5.74, 6) is -0.355. The smallest absolute Gasteiger partial charge is 0.328 e. The summed E-state index contributed by atoms with van der Waals surface area (Å²) in [6.07, 6.45) is 8.30. The summed E-state index contributed by atoms with van der Waals surface area (Å²) in [7, 11) is 0. The molecule has 0 unspecified atom stereocenters. The number of rotatable bonds is 3. The fourth-order valence-corrected chi connectivity index (χ4v) is 3.49. The molecule has 1 aliphatic carbocycles. The molecule has 2 aromatic rings. The lowest BCUT2D eigenvalue weighted by Gasteiger charge is -1.92. The van der Waals surface area contributed by atoms with Gasteiger partial charge in [-0.05, 0) is 37.3 Å². The third kappa shape index (κ3) is 2.80. The monoisotopic (exact) mass is 290 g/mol. The Hall–Kier alpha value is -1.95. The highest BCUT2D eigenvalue weighted by molar-refractivity contribution is 7.15. The maximum Gasteiger partial charge on any atom is 0.328 e. The minimum atomic E-state index is -1.03. The quantitative estimate of drug-likeness (QED) is 0.694. The molecule has 0 saturated heterocycles. The predicted molar refractivity (Wildman–Crippen MR) is 75.5 cm³/mol. The first-order valence-electron chi connectivity index (χ1n) is 6.59. The van der Waals surface area contributed by atoms with Crippen molar-refractivity contribution in [2.24, 2.45) is 0 Å². The van der Waals surface area contributed by atoms with Crippen molar-refractivity contribution in [1.82, 2.24) is 10.2 Å². The normalized spacial score (nSPS) is 15.2. The van der Waals surface area contributed by atoms with Crippen LogP contribution in [0.3, 0.4) is 0 Å². The zero-order valence-corrected chi connectivity index (χ0v) is 11.7. The minimum absolute atomic E-state index is 0.214. The Labute approximate surface area is 120 Å².